The Kier molecular flexibility index (Phi) is 14.3. The lowest BCUT2D eigenvalue weighted by molar-refractivity contribution is -0.108. The Morgan fingerprint density at radius 2 is 1.68 bits per heavy atom. The van der Waals surface area contributed by atoms with Gasteiger partial charge in [-0.25, -0.2) is 8.42 Å². The van der Waals surface area contributed by atoms with Gasteiger partial charge in [0.05, 0.1) is 53.4 Å². The van der Waals surface area contributed by atoms with E-state index in [-0.39, 0.29) is 65.2 Å². The van der Waals surface area contributed by atoms with Crippen LogP contribution in [0.3, 0.4) is 0 Å². The summed E-state index contributed by atoms with van der Waals surface area (Å²) in [6, 6.07) is 8.66. The largest absolute Gasteiger partial charge is 0.417 e. The molecule has 0 spiro atoms. The van der Waals surface area contributed by atoms with Gasteiger partial charge in [-0.05, 0) is 91.8 Å². The second-order valence-corrected chi connectivity index (χ2v) is 23.6. The highest BCUT2D eigenvalue weighted by Gasteiger charge is 2.49. The van der Waals surface area contributed by atoms with Crippen molar-refractivity contribution in [1.82, 2.24) is 0 Å². The van der Waals surface area contributed by atoms with Crippen molar-refractivity contribution in [2.24, 2.45) is 17.8 Å². The van der Waals surface area contributed by atoms with Crippen LogP contribution in [0.15, 0.2) is 59.5 Å². The van der Waals surface area contributed by atoms with Crippen molar-refractivity contribution in [3.63, 3.8) is 0 Å². The van der Waals surface area contributed by atoms with E-state index in [0.717, 1.165) is 49.5 Å². The minimum atomic E-state index is -3.61. The van der Waals surface area contributed by atoms with E-state index in [1.807, 2.05) is 6.07 Å². The molecule has 0 aromatic heterocycles. The summed E-state index contributed by atoms with van der Waals surface area (Å²) >= 11 is 0. The Labute approximate surface area is 303 Å². The predicted molar refractivity (Wildman–Crippen MR) is 202 cm³/mol. The van der Waals surface area contributed by atoms with Gasteiger partial charge in [-0.1, -0.05) is 66.0 Å². The lowest BCUT2D eigenvalue weighted by Crippen LogP contribution is -2.42. The zero-order valence-electron chi connectivity index (χ0n) is 31.9. The van der Waals surface area contributed by atoms with E-state index >= 15 is 0 Å². The molecule has 50 heavy (non-hydrogen) atoms. The molecule has 4 rings (SSSR count). The van der Waals surface area contributed by atoms with Crippen LogP contribution in [-0.2, 0) is 38.0 Å². The van der Waals surface area contributed by atoms with Gasteiger partial charge in [0.15, 0.2) is 18.2 Å². The number of methoxy groups -OCH3 is 1. The fraction of sp³-hybridized carbons (Fsp3) is 0.725. The van der Waals surface area contributed by atoms with Gasteiger partial charge in [-0.2, -0.15) is 0 Å². The maximum absolute atomic E-state index is 13.8. The standard InChI is InChI=1S/C40H64O8SSi/c1-27(25-45-50(9,10)40(5,6)7)21-38-39(44-8)34(26-49(42,43)33-16-12-11-13-17-33)37(48-38)24-36-30(4)28(2)22-32(47-36)18-19-35-29(3)23-31(46-35)15-14-20-41/h11-13,16-17,20,27-28,31-32,34-39H,3-4,14-15,18-19,21-26H2,1-2,5-10H3/t27-,28+,31-,32-,34?,35?,36+,37?,38+,39+/m0/s1. The summed E-state index contributed by atoms with van der Waals surface area (Å²) in [5.74, 6) is -0.000774. The lowest BCUT2D eigenvalue weighted by Gasteiger charge is -2.38. The topological polar surface area (TPSA) is 97.4 Å². The van der Waals surface area contributed by atoms with E-state index in [0.29, 0.717) is 30.8 Å². The Morgan fingerprint density at radius 1 is 1.00 bits per heavy atom. The molecule has 1 aromatic rings. The van der Waals surface area contributed by atoms with E-state index in [1.54, 1.807) is 31.4 Å². The van der Waals surface area contributed by atoms with E-state index < -0.39 is 24.3 Å². The molecule has 3 aliphatic rings. The van der Waals surface area contributed by atoms with Crippen LogP contribution in [0.2, 0.25) is 18.1 Å². The second kappa shape index (κ2) is 17.4. The fourth-order valence-electron chi connectivity index (χ4n) is 7.52. The van der Waals surface area contributed by atoms with Crippen LogP contribution in [0.4, 0.5) is 0 Å². The Bertz CT molecular complexity index is 1390. The highest BCUT2D eigenvalue weighted by atomic mass is 32.2. The first-order valence-corrected chi connectivity index (χ1v) is 23.2. The van der Waals surface area contributed by atoms with Crippen molar-refractivity contribution in [3.8, 4) is 0 Å². The molecule has 0 saturated carbocycles. The molecule has 0 amide bonds. The molecule has 3 fully saturated rings. The Morgan fingerprint density at radius 3 is 2.32 bits per heavy atom. The maximum atomic E-state index is 13.8. The molecule has 3 heterocycles. The van der Waals surface area contributed by atoms with Crippen molar-refractivity contribution in [3.05, 3.63) is 54.6 Å². The number of ether oxygens (including phenoxy) is 4. The summed E-state index contributed by atoms with van der Waals surface area (Å²) < 4.78 is 60.1. The van der Waals surface area contributed by atoms with Crippen molar-refractivity contribution in [2.45, 2.75) is 152 Å². The van der Waals surface area contributed by atoms with Crippen LogP contribution in [0.5, 0.6) is 0 Å². The van der Waals surface area contributed by atoms with Crippen LogP contribution in [-0.4, -0.2) is 85.2 Å². The van der Waals surface area contributed by atoms with Gasteiger partial charge in [0.1, 0.15) is 6.29 Å². The quantitative estimate of drug-likeness (QED) is 0.0901. The summed E-state index contributed by atoms with van der Waals surface area (Å²) in [6.07, 6.45) is 5.43. The predicted octanol–water partition coefficient (Wildman–Crippen LogP) is 8.12. The maximum Gasteiger partial charge on any atom is 0.191 e. The lowest BCUT2D eigenvalue weighted by atomic mass is 9.83. The molecular weight excluding hydrogens is 669 g/mol. The van der Waals surface area contributed by atoms with Crippen molar-refractivity contribution < 1.29 is 36.6 Å². The number of carbonyl (C=O) groups is 1. The first kappa shape index (κ1) is 41.1. The molecular formula is C40H64O8SSi. The molecule has 1 aromatic carbocycles. The summed E-state index contributed by atoms with van der Waals surface area (Å²) in [7, 11) is -3.87. The zero-order valence-corrected chi connectivity index (χ0v) is 33.7. The normalized spacial score (nSPS) is 31.6. The summed E-state index contributed by atoms with van der Waals surface area (Å²) in [5.41, 5.74) is 2.12. The van der Waals surface area contributed by atoms with Crippen LogP contribution >= 0.6 is 0 Å². The third kappa shape index (κ3) is 10.5. The van der Waals surface area contributed by atoms with Crippen molar-refractivity contribution in [1.29, 1.82) is 0 Å². The number of hydrogen-bond acceptors (Lipinski definition) is 8. The molecule has 10 atom stereocenters. The molecule has 0 bridgehead atoms. The average molecular weight is 733 g/mol. The van der Waals surface area contributed by atoms with Gasteiger partial charge in [-0.15, -0.1) is 0 Å². The monoisotopic (exact) mass is 732 g/mol. The van der Waals surface area contributed by atoms with E-state index in [1.165, 1.54) is 0 Å². The van der Waals surface area contributed by atoms with E-state index in [9.17, 15) is 13.2 Å². The van der Waals surface area contributed by atoms with Gasteiger partial charge in [0.25, 0.3) is 0 Å². The molecule has 0 radical (unpaired) electrons. The summed E-state index contributed by atoms with van der Waals surface area (Å²) in [4.78, 5) is 11.2. The molecule has 3 aliphatic heterocycles. The minimum Gasteiger partial charge on any atom is -0.417 e. The van der Waals surface area contributed by atoms with Crippen molar-refractivity contribution >= 4 is 24.4 Å². The SMILES string of the molecule is C=C1C[C@H](CCC=O)OC1CC[C@H]1C[C@@H](C)C(=C)[C@@H](CC2O[C@H](C[C@H](C)CO[Si](C)(C)C(C)(C)C)[C@H](OC)C2CS(=O)(=O)c2ccccc2)O1. The molecule has 3 unspecified atom stereocenters. The first-order chi connectivity index (χ1) is 23.5. The number of hydrogen-bond donors (Lipinski definition) is 0. The minimum absolute atomic E-state index is 0.0142. The molecule has 3 saturated heterocycles. The van der Waals surface area contributed by atoms with Crippen LogP contribution in [0, 0.1) is 17.8 Å². The number of carbonyl (C=O) groups excluding carboxylic acids is 1. The number of sulfone groups is 1. The molecule has 0 N–H and O–H groups in total. The Hall–Kier alpha value is -1.66. The van der Waals surface area contributed by atoms with Gasteiger partial charge in [0, 0.05) is 32.5 Å². The second-order valence-electron chi connectivity index (χ2n) is 16.7. The highest BCUT2D eigenvalue weighted by Crippen LogP contribution is 2.42. The first-order valence-electron chi connectivity index (χ1n) is 18.7. The number of aldehydes is 1. The Balaban J connectivity index is 1.48. The molecule has 0 aliphatic carbocycles. The van der Waals surface area contributed by atoms with Crippen molar-refractivity contribution in [2.75, 3.05) is 19.5 Å². The summed E-state index contributed by atoms with van der Waals surface area (Å²) in [5, 5.41) is 0.114. The van der Waals surface area contributed by atoms with Gasteiger partial charge in [0.2, 0.25) is 0 Å². The summed E-state index contributed by atoms with van der Waals surface area (Å²) in [6.45, 7) is 25.0. The van der Waals surface area contributed by atoms with Crippen LogP contribution in [0.1, 0.15) is 86.0 Å². The molecule has 282 valence electrons. The zero-order chi connectivity index (χ0) is 36.9. The fourth-order valence-corrected chi connectivity index (χ4v) is 10.3. The van der Waals surface area contributed by atoms with Gasteiger partial charge < -0.3 is 28.2 Å². The highest BCUT2D eigenvalue weighted by molar-refractivity contribution is 7.91. The third-order valence-electron chi connectivity index (χ3n) is 11.7. The van der Waals surface area contributed by atoms with Gasteiger partial charge >= 0.3 is 0 Å². The van der Waals surface area contributed by atoms with Crippen LogP contribution < -0.4 is 0 Å². The molecule has 10 heteroatoms. The van der Waals surface area contributed by atoms with Gasteiger partial charge in [-0.3, -0.25) is 0 Å². The van der Waals surface area contributed by atoms with E-state index in [2.05, 4.69) is 60.9 Å². The number of benzene rings is 1. The molecule has 8 nitrogen and oxygen atoms in total. The average Bonchev–Trinajstić information content (AvgIpc) is 3.57. The third-order valence-corrected chi connectivity index (χ3v) is 18.0. The van der Waals surface area contributed by atoms with Crippen LogP contribution in [0.25, 0.3) is 0 Å². The smallest absolute Gasteiger partial charge is 0.191 e. The van der Waals surface area contributed by atoms with E-state index in [4.69, 9.17) is 23.4 Å². The number of rotatable bonds is 17.